The van der Waals surface area contributed by atoms with Crippen LogP contribution in [0.15, 0.2) is 51.8 Å². The lowest BCUT2D eigenvalue weighted by Crippen LogP contribution is -2.24. The highest BCUT2D eigenvalue weighted by Crippen LogP contribution is 2.24. The van der Waals surface area contributed by atoms with Crippen LogP contribution < -0.4 is 14.2 Å². The van der Waals surface area contributed by atoms with E-state index in [1.165, 1.54) is 13.2 Å². The van der Waals surface area contributed by atoms with Crippen molar-refractivity contribution >= 4 is 26.0 Å². The Balaban J connectivity index is 1.92. The number of hydrogen-bond donors (Lipinski definition) is 1. The van der Waals surface area contributed by atoms with Crippen molar-refractivity contribution in [2.45, 2.75) is 4.90 Å². The van der Waals surface area contributed by atoms with E-state index in [-0.39, 0.29) is 23.8 Å². The van der Waals surface area contributed by atoms with Gasteiger partial charge in [-0.1, -0.05) is 33.8 Å². The maximum atomic E-state index is 13.3. The van der Waals surface area contributed by atoms with Crippen LogP contribution in [0.2, 0.25) is 0 Å². The maximum absolute atomic E-state index is 13.3. The van der Waals surface area contributed by atoms with Crippen molar-refractivity contribution in [3.63, 3.8) is 0 Å². The molecule has 0 bridgehead atoms. The maximum Gasteiger partial charge on any atom is 0.245 e. The zero-order chi connectivity index (χ0) is 18.3. The molecule has 0 aromatic heterocycles. The number of ether oxygens (including phenoxy) is 2. The summed E-state index contributed by atoms with van der Waals surface area (Å²) < 4.78 is 51.2. The molecule has 0 atom stereocenters. The Morgan fingerprint density at radius 1 is 1.20 bits per heavy atom. The first kappa shape index (κ1) is 19.2. The molecule has 8 heteroatoms. The number of hydrogen-bond acceptors (Lipinski definition) is 4. The lowest BCUT2D eigenvalue weighted by atomic mass is 10.3. The van der Waals surface area contributed by atoms with Crippen LogP contribution >= 0.6 is 15.9 Å². The van der Waals surface area contributed by atoms with E-state index < -0.39 is 15.8 Å². The normalized spacial score (nSPS) is 10.7. The van der Waals surface area contributed by atoms with Gasteiger partial charge in [0.1, 0.15) is 28.8 Å². The van der Waals surface area contributed by atoms with Gasteiger partial charge >= 0.3 is 0 Å². The molecule has 0 radical (unpaired) electrons. The summed E-state index contributed by atoms with van der Waals surface area (Å²) in [6.07, 6.45) is 0. The van der Waals surface area contributed by atoms with Gasteiger partial charge in [0.2, 0.25) is 10.0 Å². The number of rotatable bonds is 6. The van der Waals surface area contributed by atoms with Crippen LogP contribution in [0.25, 0.3) is 0 Å². The van der Waals surface area contributed by atoms with Crippen molar-refractivity contribution in [1.29, 1.82) is 0 Å². The van der Waals surface area contributed by atoms with E-state index in [1.54, 1.807) is 12.1 Å². The van der Waals surface area contributed by atoms with Crippen LogP contribution in [0, 0.1) is 17.7 Å². The average molecular weight is 428 g/mol. The number of halogens is 2. The molecule has 0 spiro atoms. The molecule has 2 aromatic carbocycles. The molecule has 0 heterocycles. The summed E-state index contributed by atoms with van der Waals surface area (Å²) in [6, 6.07) is 10.5. The van der Waals surface area contributed by atoms with Crippen molar-refractivity contribution in [3.05, 3.63) is 52.8 Å². The van der Waals surface area contributed by atoms with E-state index in [2.05, 4.69) is 32.5 Å². The summed E-state index contributed by atoms with van der Waals surface area (Å²) in [5.41, 5.74) is 0. The second-order valence-corrected chi connectivity index (χ2v) is 7.37. The first-order chi connectivity index (χ1) is 11.9. The summed E-state index contributed by atoms with van der Waals surface area (Å²) in [5, 5.41) is 0. The highest BCUT2D eigenvalue weighted by atomic mass is 79.9. The Morgan fingerprint density at radius 2 is 2.00 bits per heavy atom. The zero-order valence-corrected chi connectivity index (χ0v) is 15.7. The lowest BCUT2D eigenvalue weighted by Gasteiger charge is -2.09. The summed E-state index contributed by atoms with van der Waals surface area (Å²) in [6.45, 7) is -0.0225. The van der Waals surface area contributed by atoms with Gasteiger partial charge in [0.15, 0.2) is 0 Å². The van der Waals surface area contributed by atoms with Crippen molar-refractivity contribution in [2.75, 3.05) is 20.3 Å². The smallest absolute Gasteiger partial charge is 0.245 e. The van der Waals surface area contributed by atoms with E-state index in [0.29, 0.717) is 5.75 Å². The Labute approximate surface area is 154 Å². The molecule has 0 saturated carbocycles. The number of nitrogens with one attached hydrogen (secondary N) is 1. The van der Waals surface area contributed by atoms with Crippen molar-refractivity contribution in [3.8, 4) is 23.3 Å². The predicted octanol–water partition coefficient (Wildman–Crippen LogP) is 2.96. The molecule has 0 aliphatic heterocycles. The van der Waals surface area contributed by atoms with Gasteiger partial charge in [-0.2, -0.15) is 4.72 Å². The van der Waals surface area contributed by atoms with Gasteiger partial charge in [-0.05, 0) is 36.4 Å². The Hall–Kier alpha value is -2.08. The first-order valence-electron chi connectivity index (χ1n) is 7.09. The lowest BCUT2D eigenvalue weighted by molar-refractivity contribution is 0.370. The highest BCUT2D eigenvalue weighted by Gasteiger charge is 2.19. The number of methoxy groups -OCH3 is 1. The van der Waals surface area contributed by atoms with Crippen molar-refractivity contribution in [2.24, 2.45) is 0 Å². The second kappa shape index (κ2) is 8.85. The molecule has 2 aromatic rings. The third-order valence-corrected chi connectivity index (χ3v) is 4.91. The van der Waals surface area contributed by atoms with Gasteiger partial charge in [0.25, 0.3) is 0 Å². The Kier molecular flexibility index (Phi) is 6.82. The van der Waals surface area contributed by atoms with Crippen LogP contribution in [0.1, 0.15) is 0 Å². The fourth-order valence-electron chi connectivity index (χ4n) is 1.86. The molecule has 0 aliphatic rings. The van der Waals surface area contributed by atoms with Crippen LogP contribution in [0.4, 0.5) is 4.39 Å². The summed E-state index contributed by atoms with van der Waals surface area (Å²) in [7, 11) is -2.62. The molecule has 25 heavy (non-hydrogen) atoms. The van der Waals surface area contributed by atoms with Crippen LogP contribution in [-0.4, -0.2) is 28.7 Å². The standard InChI is InChI=1S/C17H15BrFNO4S/c1-23-16-8-7-14(19)12-17(16)25(21,22)20-9-2-3-10-24-15-6-4-5-13(18)11-15/h4-8,11-12,20H,9-10H2,1H3. The molecule has 5 nitrogen and oxygen atoms in total. The minimum atomic E-state index is -3.94. The molecule has 0 fully saturated rings. The predicted molar refractivity (Wildman–Crippen MR) is 95.6 cm³/mol. The summed E-state index contributed by atoms with van der Waals surface area (Å²) in [4.78, 5) is -0.276. The zero-order valence-electron chi connectivity index (χ0n) is 13.3. The molecule has 0 aliphatic carbocycles. The van der Waals surface area contributed by atoms with Crippen LogP contribution in [0.3, 0.4) is 0 Å². The molecule has 0 unspecified atom stereocenters. The molecule has 2 rings (SSSR count). The third-order valence-electron chi connectivity index (χ3n) is 3.00. The van der Waals surface area contributed by atoms with Crippen molar-refractivity contribution < 1.29 is 22.3 Å². The van der Waals surface area contributed by atoms with Gasteiger partial charge in [0.05, 0.1) is 13.7 Å². The van der Waals surface area contributed by atoms with Crippen LogP contribution in [0.5, 0.6) is 11.5 Å². The highest BCUT2D eigenvalue weighted by molar-refractivity contribution is 9.10. The minimum absolute atomic E-state index is 0.0554. The quantitative estimate of drug-likeness (QED) is 0.719. The van der Waals surface area contributed by atoms with E-state index in [0.717, 1.165) is 16.6 Å². The Morgan fingerprint density at radius 3 is 2.72 bits per heavy atom. The molecule has 0 saturated heterocycles. The first-order valence-corrected chi connectivity index (χ1v) is 9.37. The molecule has 1 N–H and O–H groups in total. The van der Waals surface area contributed by atoms with Gasteiger partial charge in [-0.3, -0.25) is 0 Å². The second-order valence-electron chi connectivity index (χ2n) is 4.72. The SMILES string of the molecule is COc1ccc(F)cc1S(=O)(=O)NCC#CCOc1cccc(Br)c1. The van der Waals surface area contributed by atoms with Gasteiger partial charge in [-0.25, -0.2) is 12.8 Å². The van der Waals surface area contributed by atoms with Gasteiger partial charge < -0.3 is 9.47 Å². The summed E-state index contributed by atoms with van der Waals surface area (Å²) >= 11 is 3.33. The van der Waals surface area contributed by atoms with E-state index in [9.17, 15) is 12.8 Å². The fourth-order valence-corrected chi connectivity index (χ4v) is 3.34. The Bertz CT molecular complexity index is 906. The molecular weight excluding hydrogens is 413 g/mol. The van der Waals surface area contributed by atoms with E-state index in [1.807, 2.05) is 12.1 Å². The van der Waals surface area contributed by atoms with E-state index >= 15 is 0 Å². The average Bonchev–Trinajstić information content (AvgIpc) is 2.58. The molecule has 0 amide bonds. The topological polar surface area (TPSA) is 64.6 Å². The van der Waals surface area contributed by atoms with Gasteiger partial charge in [0, 0.05) is 4.47 Å². The van der Waals surface area contributed by atoms with E-state index in [4.69, 9.17) is 9.47 Å². The largest absolute Gasteiger partial charge is 0.495 e. The summed E-state index contributed by atoms with van der Waals surface area (Å²) in [5.74, 6) is 5.37. The van der Waals surface area contributed by atoms with Gasteiger partial charge in [-0.15, -0.1) is 0 Å². The van der Waals surface area contributed by atoms with Crippen LogP contribution in [-0.2, 0) is 10.0 Å². The fraction of sp³-hybridized carbons (Fsp3) is 0.176. The minimum Gasteiger partial charge on any atom is -0.495 e. The monoisotopic (exact) mass is 427 g/mol. The number of sulfonamides is 1. The number of benzene rings is 2. The van der Waals surface area contributed by atoms with Crippen molar-refractivity contribution in [1.82, 2.24) is 4.72 Å². The third kappa shape index (κ3) is 5.74. The molecular formula is C17H15BrFNO4S. The molecule has 132 valence electrons.